The SMILES string of the molecule is CC[C@@H]1CCCCN1C(=O)c1cccc(F)c1F. The van der Waals surface area contributed by atoms with Crippen LogP contribution in [-0.4, -0.2) is 23.4 Å². The van der Waals surface area contributed by atoms with Crippen molar-refractivity contribution in [2.45, 2.75) is 38.6 Å². The molecule has 1 saturated heterocycles. The van der Waals surface area contributed by atoms with Crippen LogP contribution in [0.4, 0.5) is 8.78 Å². The van der Waals surface area contributed by atoms with Gasteiger partial charge in [0.15, 0.2) is 11.6 Å². The number of carbonyl (C=O) groups excluding carboxylic acids is 1. The maximum Gasteiger partial charge on any atom is 0.257 e. The number of hydrogen-bond donors (Lipinski definition) is 0. The van der Waals surface area contributed by atoms with Gasteiger partial charge in [-0.05, 0) is 37.8 Å². The topological polar surface area (TPSA) is 20.3 Å². The van der Waals surface area contributed by atoms with Gasteiger partial charge in [-0.25, -0.2) is 8.78 Å². The largest absolute Gasteiger partial charge is 0.336 e. The number of halogens is 2. The van der Waals surface area contributed by atoms with E-state index in [-0.39, 0.29) is 11.6 Å². The molecule has 18 heavy (non-hydrogen) atoms. The van der Waals surface area contributed by atoms with E-state index in [1.54, 1.807) is 4.90 Å². The second-order valence-corrected chi connectivity index (χ2v) is 4.66. The predicted molar refractivity (Wildman–Crippen MR) is 65.3 cm³/mol. The highest BCUT2D eigenvalue weighted by Crippen LogP contribution is 2.23. The summed E-state index contributed by atoms with van der Waals surface area (Å²) in [5.74, 6) is -2.40. The van der Waals surface area contributed by atoms with Crippen molar-refractivity contribution in [3.8, 4) is 0 Å². The molecular formula is C14H17F2NO. The molecule has 1 fully saturated rings. The highest BCUT2D eigenvalue weighted by Gasteiger charge is 2.28. The van der Waals surface area contributed by atoms with Gasteiger partial charge in [0.25, 0.3) is 5.91 Å². The van der Waals surface area contributed by atoms with E-state index in [1.165, 1.54) is 12.1 Å². The van der Waals surface area contributed by atoms with Crippen molar-refractivity contribution >= 4 is 5.91 Å². The van der Waals surface area contributed by atoms with Crippen LogP contribution in [0.1, 0.15) is 43.0 Å². The third-order valence-electron chi connectivity index (χ3n) is 3.54. The summed E-state index contributed by atoms with van der Waals surface area (Å²) >= 11 is 0. The Balaban J connectivity index is 2.27. The van der Waals surface area contributed by atoms with Crippen molar-refractivity contribution in [1.29, 1.82) is 0 Å². The quantitative estimate of drug-likeness (QED) is 0.791. The molecule has 0 aromatic heterocycles. The second-order valence-electron chi connectivity index (χ2n) is 4.66. The minimum Gasteiger partial charge on any atom is -0.336 e. The fraction of sp³-hybridized carbons (Fsp3) is 0.500. The van der Waals surface area contributed by atoms with Crippen molar-refractivity contribution in [2.24, 2.45) is 0 Å². The number of rotatable bonds is 2. The highest BCUT2D eigenvalue weighted by atomic mass is 19.2. The summed E-state index contributed by atoms with van der Waals surface area (Å²) in [6.07, 6.45) is 3.81. The minimum absolute atomic E-state index is 0.147. The van der Waals surface area contributed by atoms with Gasteiger partial charge in [-0.3, -0.25) is 4.79 Å². The summed E-state index contributed by atoms with van der Waals surface area (Å²) in [6, 6.07) is 3.90. The lowest BCUT2D eigenvalue weighted by Gasteiger charge is -2.35. The molecule has 2 nitrogen and oxygen atoms in total. The molecule has 4 heteroatoms. The Labute approximate surface area is 106 Å². The van der Waals surface area contributed by atoms with Gasteiger partial charge in [0.2, 0.25) is 0 Å². The molecule has 1 atom stereocenters. The van der Waals surface area contributed by atoms with Gasteiger partial charge in [-0.2, -0.15) is 0 Å². The molecule has 98 valence electrons. The number of carbonyl (C=O) groups is 1. The summed E-state index contributed by atoms with van der Waals surface area (Å²) in [4.78, 5) is 13.9. The summed E-state index contributed by atoms with van der Waals surface area (Å²) < 4.78 is 26.8. The van der Waals surface area contributed by atoms with Crippen molar-refractivity contribution < 1.29 is 13.6 Å². The van der Waals surface area contributed by atoms with E-state index < -0.39 is 17.5 Å². The summed E-state index contributed by atoms with van der Waals surface area (Å²) in [5, 5.41) is 0. The van der Waals surface area contributed by atoms with E-state index in [1.807, 2.05) is 6.92 Å². The molecule has 0 radical (unpaired) electrons. The molecule has 1 aliphatic rings. The van der Waals surface area contributed by atoms with E-state index in [0.717, 1.165) is 31.7 Å². The third-order valence-corrected chi connectivity index (χ3v) is 3.54. The molecule has 1 aromatic carbocycles. The van der Waals surface area contributed by atoms with Crippen molar-refractivity contribution in [3.63, 3.8) is 0 Å². The average molecular weight is 253 g/mol. The Kier molecular flexibility index (Phi) is 3.94. The lowest BCUT2D eigenvalue weighted by molar-refractivity contribution is 0.0602. The zero-order valence-corrected chi connectivity index (χ0v) is 10.5. The predicted octanol–water partition coefficient (Wildman–Crippen LogP) is 3.37. The van der Waals surface area contributed by atoms with E-state index in [4.69, 9.17) is 0 Å². The molecule has 0 aliphatic carbocycles. The van der Waals surface area contributed by atoms with Crippen LogP contribution < -0.4 is 0 Å². The monoisotopic (exact) mass is 253 g/mol. The Morgan fingerprint density at radius 2 is 2.17 bits per heavy atom. The zero-order valence-electron chi connectivity index (χ0n) is 10.5. The van der Waals surface area contributed by atoms with E-state index >= 15 is 0 Å². The molecule has 0 spiro atoms. The molecule has 2 rings (SSSR count). The van der Waals surface area contributed by atoms with Gasteiger partial charge in [0.05, 0.1) is 5.56 Å². The highest BCUT2D eigenvalue weighted by molar-refractivity contribution is 5.94. The molecule has 1 aliphatic heterocycles. The molecule has 1 aromatic rings. The van der Waals surface area contributed by atoms with Crippen LogP contribution in [0.2, 0.25) is 0 Å². The van der Waals surface area contributed by atoms with Crippen LogP contribution in [0.15, 0.2) is 18.2 Å². The molecule has 1 heterocycles. The Hall–Kier alpha value is -1.45. The molecule has 0 bridgehead atoms. The summed E-state index contributed by atoms with van der Waals surface area (Å²) in [5.41, 5.74) is -0.157. The number of hydrogen-bond acceptors (Lipinski definition) is 1. The molecule has 1 amide bonds. The average Bonchev–Trinajstić information content (AvgIpc) is 2.41. The van der Waals surface area contributed by atoms with Crippen LogP contribution in [0.3, 0.4) is 0 Å². The van der Waals surface area contributed by atoms with Crippen molar-refractivity contribution in [2.75, 3.05) is 6.54 Å². The van der Waals surface area contributed by atoms with Gasteiger partial charge >= 0.3 is 0 Å². The lowest BCUT2D eigenvalue weighted by atomic mass is 9.99. The first kappa shape index (κ1) is 13.0. The van der Waals surface area contributed by atoms with Gasteiger partial charge in [-0.15, -0.1) is 0 Å². The Morgan fingerprint density at radius 3 is 2.89 bits per heavy atom. The summed E-state index contributed by atoms with van der Waals surface area (Å²) in [7, 11) is 0. The van der Waals surface area contributed by atoms with Gasteiger partial charge < -0.3 is 4.90 Å². The first-order valence-corrected chi connectivity index (χ1v) is 6.40. The summed E-state index contributed by atoms with van der Waals surface area (Å²) in [6.45, 7) is 2.64. The Morgan fingerprint density at radius 1 is 1.39 bits per heavy atom. The van der Waals surface area contributed by atoms with Gasteiger partial charge in [-0.1, -0.05) is 13.0 Å². The first-order chi connectivity index (χ1) is 8.65. The van der Waals surface area contributed by atoms with Crippen molar-refractivity contribution in [3.05, 3.63) is 35.4 Å². The number of amides is 1. The minimum atomic E-state index is -1.04. The normalized spacial score (nSPS) is 19.9. The fourth-order valence-electron chi connectivity index (χ4n) is 2.52. The first-order valence-electron chi connectivity index (χ1n) is 6.40. The standard InChI is InChI=1S/C14H17F2NO/c1-2-10-6-3-4-9-17(10)14(18)11-7-5-8-12(15)13(11)16/h5,7-8,10H,2-4,6,9H2,1H3/t10-/m1/s1. The van der Waals surface area contributed by atoms with Gasteiger partial charge in [0.1, 0.15) is 0 Å². The van der Waals surface area contributed by atoms with E-state index in [9.17, 15) is 13.6 Å². The molecule has 0 saturated carbocycles. The fourth-order valence-corrected chi connectivity index (χ4v) is 2.52. The lowest BCUT2D eigenvalue weighted by Crippen LogP contribution is -2.43. The van der Waals surface area contributed by atoms with Crippen LogP contribution in [0.25, 0.3) is 0 Å². The molecule has 0 N–H and O–H groups in total. The van der Waals surface area contributed by atoms with Crippen LogP contribution in [-0.2, 0) is 0 Å². The van der Waals surface area contributed by atoms with Gasteiger partial charge in [0, 0.05) is 12.6 Å². The smallest absolute Gasteiger partial charge is 0.257 e. The number of benzene rings is 1. The molecule has 0 unspecified atom stereocenters. The van der Waals surface area contributed by atoms with Crippen LogP contribution in [0, 0.1) is 11.6 Å². The second kappa shape index (κ2) is 5.46. The van der Waals surface area contributed by atoms with Crippen LogP contribution >= 0.6 is 0 Å². The zero-order chi connectivity index (χ0) is 13.1. The maximum atomic E-state index is 13.6. The van der Waals surface area contributed by atoms with E-state index in [0.29, 0.717) is 6.54 Å². The molecular weight excluding hydrogens is 236 g/mol. The Bertz CT molecular complexity index is 447. The van der Waals surface area contributed by atoms with E-state index in [2.05, 4.69) is 0 Å². The maximum absolute atomic E-state index is 13.6. The van der Waals surface area contributed by atoms with Crippen LogP contribution in [0.5, 0.6) is 0 Å². The third kappa shape index (κ3) is 2.37. The number of nitrogens with zero attached hydrogens (tertiary/aromatic N) is 1. The number of piperidine rings is 1. The number of likely N-dealkylation sites (tertiary alicyclic amines) is 1. The van der Waals surface area contributed by atoms with Crippen molar-refractivity contribution in [1.82, 2.24) is 4.90 Å².